The van der Waals surface area contributed by atoms with Crippen LogP contribution in [0, 0.1) is 0 Å². The van der Waals surface area contributed by atoms with Crippen LogP contribution >= 0.6 is 0 Å². The van der Waals surface area contributed by atoms with Crippen molar-refractivity contribution < 1.29 is 0 Å². The highest BCUT2D eigenvalue weighted by Crippen LogP contribution is 2.12. The van der Waals surface area contributed by atoms with Gasteiger partial charge in [-0.1, -0.05) is 0 Å². The molecule has 1 aliphatic rings. The van der Waals surface area contributed by atoms with E-state index < -0.39 is 0 Å². The van der Waals surface area contributed by atoms with Gasteiger partial charge in [-0.2, -0.15) is 4.98 Å². The van der Waals surface area contributed by atoms with Crippen molar-refractivity contribution in [2.24, 2.45) is 5.73 Å². The standard InChI is InChI=1S/C10H16N4O/c11-4-1-8-7-2-5-12-6-3-9(7)14-10(15)13-8/h12H,1-6,11H2,(H,13,14,15). The summed E-state index contributed by atoms with van der Waals surface area (Å²) in [5, 5.41) is 3.30. The number of hydrogen-bond donors (Lipinski definition) is 3. The number of aromatic amines is 1. The summed E-state index contributed by atoms with van der Waals surface area (Å²) in [6.45, 7) is 2.39. The van der Waals surface area contributed by atoms with Crippen molar-refractivity contribution in [3.05, 3.63) is 27.4 Å². The Kier molecular flexibility index (Phi) is 3.13. The summed E-state index contributed by atoms with van der Waals surface area (Å²) in [6.07, 6.45) is 2.48. The van der Waals surface area contributed by atoms with Crippen molar-refractivity contribution in [2.45, 2.75) is 19.3 Å². The smallest absolute Gasteiger partial charge is 0.330 e. The number of nitrogens with one attached hydrogen (secondary N) is 2. The van der Waals surface area contributed by atoms with Crippen molar-refractivity contribution in [2.75, 3.05) is 19.6 Å². The molecule has 2 heterocycles. The normalized spacial score (nSPS) is 15.8. The topological polar surface area (TPSA) is 83.8 Å². The van der Waals surface area contributed by atoms with Crippen LogP contribution in [0.5, 0.6) is 0 Å². The van der Waals surface area contributed by atoms with Crippen molar-refractivity contribution >= 4 is 0 Å². The number of aromatic nitrogens is 2. The average molecular weight is 208 g/mol. The van der Waals surface area contributed by atoms with Gasteiger partial charge in [0.15, 0.2) is 0 Å². The molecule has 0 radical (unpaired) electrons. The van der Waals surface area contributed by atoms with Gasteiger partial charge in [-0.25, -0.2) is 4.79 Å². The summed E-state index contributed by atoms with van der Waals surface area (Å²) in [5.41, 5.74) is 8.36. The molecule has 0 unspecified atom stereocenters. The van der Waals surface area contributed by atoms with E-state index in [1.54, 1.807) is 0 Å². The summed E-state index contributed by atoms with van der Waals surface area (Å²) >= 11 is 0. The Morgan fingerprint density at radius 3 is 2.93 bits per heavy atom. The molecule has 0 atom stereocenters. The Morgan fingerprint density at radius 2 is 2.13 bits per heavy atom. The van der Waals surface area contributed by atoms with E-state index in [9.17, 15) is 4.79 Å². The Morgan fingerprint density at radius 1 is 1.33 bits per heavy atom. The number of fused-ring (bicyclic) bond motifs is 1. The van der Waals surface area contributed by atoms with Gasteiger partial charge in [0, 0.05) is 25.1 Å². The zero-order valence-corrected chi connectivity index (χ0v) is 8.68. The van der Waals surface area contributed by atoms with Crippen LogP contribution in [0.25, 0.3) is 0 Å². The van der Waals surface area contributed by atoms with Crippen LogP contribution in [0.2, 0.25) is 0 Å². The Hall–Kier alpha value is -1.20. The predicted octanol–water partition coefficient (Wildman–Crippen LogP) is -1.04. The lowest BCUT2D eigenvalue weighted by Crippen LogP contribution is -2.21. The van der Waals surface area contributed by atoms with Crippen LogP contribution in [-0.2, 0) is 19.3 Å². The quantitative estimate of drug-likeness (QED) is 0.579. The molecule has 0 saturated heterocycles. The maximum absolute atomic E-state index is 11.3. The second-order valence-electron chi connectivity index (χ2n) is 3.73. The van der Waals surface area contributed by atoms with E-state index in [0.29, 0.717) is 13.0 Å². The third-order valence-corrected chi connectivity index (χ3v) is 2.69. The van der Waals surface area contributed by atoms with Gasteiger partial charge in [0.25, 0.3) is 0 Å². The van der Waals surface area contributed by atoms with E-state index in [1.807, 2.05) is 0 Å². The largest absolute Gasteiger partial charge is 0.345 e. The molecule has 0 bridgehead atoms. The monoisotopic (exact) mass is 208 g/mol. The van der Waals surface area contributed by atoms with Crippen LogP contribution < -0.4 is 16.7 Å². The highest BCUT2D eigenvalue weighted by Gasteiger charge is 2.13. The molecule has 1 aromatic heterocycles. The van der Waals surface area contributed by atoms with Gasteiger partial charge in [0.05, 0.1) is 5.69 Å². The van der Waals surface area contributed by atoms with E-state index in [-0.39, 0.29) is 5.69 Å². The first-order chi connectivity index (χ1) is 7.31. The highest BCUT2D eigenvalue weighted by molar-refractivity contribution is 5.26. The number of nitrogens with zero attached hydrogens (tertiary/aromatic N) is 1. The molecule has 0 aromatic carbocycles. The second-order valence-corrected chi connectivity index (χ2v) is 3.73. The molecular formula is C10H16N4O. The van der Waals surface area contributed by atoms with Gasteiger partial charge in [-0.05, 0) is 25.1 Å². The van der Waals surface area contributed by atoms with E-state index in [0.717, 1.165) is 37.3 Å². The summed E-state index contributed by atoms with van der Waals surface area (Å²) in [5.74, 6) is 0. The van der Waals surface area contributed by atoms with Crippen LogP contribution in [0.3, 0.4) is 0 Å². The SMILES string of the molecule is NCCc1nc(=O)[nH]c2c1CCNCC2. The van der Waals surface area contributed by atoms with E-state index in [1.165, 1.54) is 5.56 Å². The molecule has 2 rings (SSSR count). The van der Waals surface area contributed by atoms with E-state index in [2.05, 4.69) is 15.3 Å². The van der Waals surface area contributed by atoms with Gasteiger partial charge in [0.1, 0.15) is 0 Å². The molecule has 1 aromatic rings. The fourth-order valence-electron chi connectivity index (χ4n) is 2.00. The molecule has 0 spiro atoms. The predicted molar refractivity (Wildman–Crippen MR) is 57.9 cm³/mol. The maximum Gasteiger partial charge on any atom is 0.345 e. The zero-order chi connectivity index (χ0) is 10.7. The molecule has 5 nitrogen and oxygen atoms in total. The van der Waals surface area contributed by atoms with Gasteiger partial charge in [0.2, 0.25) is 0 Å². The first-order valence-corrected chi connectivity index (χ1v) is 5.33. The minimum atomic E-state index is -0.251. The summed E-state index contributed by atoms with van der Waals surface area (Å²) < 4.78 is 0. The average Bonchev–Trinajstić information content (AvgIpc) is 2.43. The van der Waals surface area contributed by atoms with Crippen molar-refractivity contribution in [3.8, 4) is 0 Å². The third kappa shape index (κ3) is 2.24. The second kappa shape index (κ2) is 4.55. The minimum Gasteiger partial charge on any atom is -0.330 e. The van der Waals surface area contributed by atoms with Crippen LogP contribution in [0.15, 0.2) is 4.79 Å². The zero-order valence-electron chi connectivity index (χ0n) is 8.68. The molecule has 0 saturated carbocycles. The van der Waals surface area contributed by atoms with Gasteiger partial charge in [-0.3, -0.25) is 0 Å². The van der Waals surface area contributed by atoms with E-state index in [4.69, 9.17) is 5.73 Å². The fourth-order valence-corrected chi connectivity index (χ4v) is 2.00. The van der Waals surface area contributed by atoms with Crippen molar-refractivity contribution in [1.82, 2.24) is 15.3 Å². The molecule has 0 fully saturated rings. The lowest BCUT2D eigenvalue weighted by Gasteiger charge is -2.09. The van der Waals surface area contributed by atoms with Crippen LogP contribution in [-0.4, -0.2) is 29.6 Å². The minimum absolute atomic E-state index is 0.251. The van der Waals surface area contributed by atoms with Crippen molar-refractivity contribution in [3.63, 3.8) is 0 Å². The number of rotatable bonds is 2. The lowest BCUT2D eigenvalue weighted by atomic mass is 10.1. The maximum atomic E-state index is 11.3. The first kappa shape index (κ1) is 10.3. The van der Waals surface area contributed by atoms with Crippen LogP contribution in [0.1, 0.15) is 17.0 Å². The van der Waals surface area contributed by atoms with Gasteiger partial charge < -0.3 is 16.0 Å². The Balaban J connectivity index is 2.45. The lowest BCUT2D eigenvalue weighted by molar-refractivity contribution is 0.707. The van der Waals surface area contributed by atoms with Gasteiger partial charge in [-0.15, -0.1) is 0 Å². The Bertz CT molecular complexity index is 399. The molecular weight excluding hydrogens is 192 g/mol. The van der Waals surface area contributed by atoms with E-state index >= 15 is 0 Å². The third-order valence-electron chi connectivity index (χ3n) is 2.69. The van der Waals surface area contributed by atoms with Crippen molar-refractivity contribution in [1.29, 1.82) is 0 Å². The molecule has 4 N–H and O–H groups in total. The first-order valence-electron chi connectivity index (χ1n) is 5.33. The summed E-state index contributed by atoms with van der Waals surface area (Å²) in [4.78, 5) is 18.1. The molecule has 15 heavy (non-hydrogen) atoms. The number of hydrogen-bond acceptors (Lipinski definition) is 4. The molecule has 5 heteroatoms. The molecule has 0 aliphatic carbocycles. The molecule has 0 amide bonds. The number of nitrogens with two attached hydrogens (primary N) is 1. The fraction of sp³-hybridized carbons (Fsp3) is 0.600. The van der Waals surface area contributed by atoms with Gasteiger partial charge >= 0.3 is 5.69 Å². The molecule has 1 aliphatic heterocycles. The highest BCUT2D eigenvalue weighted by atomic mass is 16.1. The Labute approximate surface area is 88.1 Å². The van der Waals surface area contributed by atoms with Crippen LogP contribution in [0.4, 0.5) is 0 Å². The summed E-state index contributed by atoms with van der Waals surface area (Å²) in [7, 11) is 0. The number of H-pyrrole nitrogens is 1. The molecule has 82 valence electrons. The summed E-state index contributed by atoms with van der Waals surface area (Å²) in [6, 6.07) is 0.